The summed E-state index contributed by atoms with van der Waals surface area (Å²) in [6.07, 6.45) is 1.14. The number of nitrogens with zero attached hydrogens (tertiary/aromatic N) is 2. The summed E-state index contributed by atoms with van der Waals surface area (Å²) in [5.41, 5.74) is 2.57. The fraction of sp³-hybridized carbons (Fsp3) is 0.278. The Morgan fingerprint density at radius 3 is 2.37 bits per heavy atom. The third kappa shape index (κ3) is 8.06. The predicted molar refractivity (Wildman–Crippen MR) is 126 cm³/mol. The van der Waals surface area contributed by atoms with E-state index < -0.39 is 10.0 Å². The fourth-order valence-electron chi connectivity index (χ4n) is 2.47. The number of hydrogen-bond donors (Lipinski definition) is 2. The number of hydrogen-bond acceptors (Lipinski definition) is 3. The molecule has 0 atom stereocenters. The highest BCUT2D eigenvalue weighted by Crippen LogP contribution is 2.16. The van der Waals surface area contributed by atoms with Gasteiger partial charge in [-0.3, -0.25) is 9.71 Å². The van der Waals surface area contributed by atoms with E-state index in [4.69, 9.17) is 0 Å². The van der Waals surface area contributed by atoms with Crippen LogP contribution in [0.25, 0.3) is 0 Å². The van der Waals surface area contributed by atoms with E-state index in [2.05, 4.69) is 43.1 Å². The van der Waals surface area contributed by atoms with Crippen molar-refractivity contribution in [3.8, 4) is 0 Å². The van der Waals surface area contributed by atoms with Gasteiger partial charge in [-0.25, -0.2) is 8.42 Å². The molecule has 9 heteroatoms. The van der Waals surface area contributed by atoms with Crippen LogP contribution in [0.3, 0.4) is 0 Å². The van der Waals surface area contributed by atoms with Crippen LogP contribution >= 0.6 is 39.9 Å². The van der Waals surface area contributed by atoms with Gasteiger partial charge in [0.05, 0.1) is 11.9 Å². The lowest BCUT2D eigenvalue weighted by Crippen LogP contribution is -2.38. The van der Waals surface area contributed by atoms with E-state index in [1.165, 1.54) is 0 Å². The molecule has 0 bridgehead atoms. The summed E-state index contributed by atoms with van der Waals surface area (Å²) in [4.78, 5) is 6.31. The van der Waals surface area contributed by atoms with Gasteiger partial charge >= 0.3 is 0 Å². The maximum Gasteiger partial charge on any atom is 0.229 e. The molecule has 0 aliphatic rings. The summed E-state index contributed by atoms with van der Waals surface area (Å²) in [6, 6.07) is 15.4. The molecule has 0 fully saturated rings. The lowest BCUT2D eigenvalue weighted by molar-refractivity contribution is 0.476. The Kier molecular flexibility index (Phi) is 9.54. The van der Waals surface area contributed by atoms with Crippen LogP contribution in [0.4, 0.5) is 5.69 Å². The number of guanidine groups is 1. The number of anilines is 1. The Balaban J connectivity index is 0.00000364. The molecule has 0 saturated carbocycles. The molecule has 0 saturated heterocycles. The van der Waals surface area contributed by atoms with Crippen LogP contribution in [0.2, 0.25) is 0 Å². The number of para-hydroxylation sites is 1. The predicted octanol–water partition coefficient (Wildman–Crippen LogP) is 3.65. The monoisotopic (exact) mass is 566 g/mol. The van der Waals surface area contributed by atoms with E-state index in [0.29, 0.717) is 18.8 Å². The van der Waals surface area contributed by atoms with Crippen molar-refractivity contribution in [1.29, 1.82) is 0 Å². The first-order chi connectivity index (χ1) is 12.3. The molecule has 2 N–H and O–H groups in total. The summed E-state index contributed by atoms with van der Waals surface area (Å²) in [7, 11) is 0.353. The van der Waals surface area contributed by atoms with Crippen LogP contribution in [-0.4, -0.2) is 39.6 Å². The number of benzene rings is 2. The lowest BCUT2D eigenvalue weighted by atomic mass is 10.2. The molecule has 0 aromatic heterocycles. The van der Waals surface area contributed by atoms with Gasteiger partial charge in [0.1, 0.15) is 0 Å². The van der Waals surface area contributed by atoms with Crippen LogP contribution in [0.5, 0.6) is 0 Å². The van der Waals surface area contributed by atoms with Crippen molar-refractivity contribution >= 4 is 61.6 Å². The first-order valence-corrected chi connectivity index (χ1v) is 10.7. The first kappa shape index (κ1) is 23.7. The van der Waals surface area contributed by atoms with Crippen molar-refractivity contribution in [2.24, 2.45) is 4.99 Å². The number of sulfonamides is 1. The van der Waals surface area contributed by atoms with Crippen molar-refractivity contribution in [3.63, 3.8) is 0 Å². The molecule has 2 aromatic rings. The third-order valence-electron chi connectivity index (χ3n) is 3.66. The topological polar surface area (TPSA) is 73.8 Å². The quantitative estimate of drug-likeness (QED) is 0.318. The van der Waals surface area contributed by atoms with Crippen molar-refractivity contribution in [3.05, 3.63) is 64.1 Å². The van der Waals surface area contributed by atoms with Crippen LogP contribution in [-0.2, 0) is 23.1 Å². The second kappa shape index (κ2) is 10.9. The van der Waals surface area contributed by atoms with Crippen LogP contribution in [0, 0.1) is 0 Å². The Morgan fingerprint density at radius 2 is 1.78 bits per heavy atom. The zero-order chi connectivity index (χ0) is 19.2. The van der Waals surface area contributed by atoms with Gasteiger partial charge in [-0.1, -0.05) is 46.3 Å². The molecular formula is C18H24BrIN4O2S. The molecular weight excluding hydrogens is 543 g/mol. The standard InChI is InChI=1S/C18H23BrN4O2S.HI/c1-20-18(23(2)13-14-8-10-16(19)11-9-14)21-12-15-6-4-5-7-17(15)22-26(3,24)25;/h4-11,22H,12-13H2,1-3H3,(H,20,21);1H. The van der Waals surface area contributed by atoms with Crippen LogP contribution in [0.1, 0.15) is 11.1 Å². The molecule has 0 amide bonds. The van der Waals surface area contributed by atoms with Gasteiger partial charge in [0.25, 0.3) is 0 Å². The Bertz CT molecular complexity index is 873. The molecule has 27 heavy (non-hydrogen) atoms. The summed E-state index contributed by atoms with van der Waals surface area (Å²) in [5, 5.41) is 3.28. The normalized spacial score (nSPS) is 11.5. The SMILES string of the molecule is CN=C(NCc1ccccc1NS(C)(=O)=O)N(C)Cc1ccc(Br)cc1.I. The maximum atomic E-state index is 11.5. The molecule has 0 aliphatic carbocycles. The number of rotatable bonds is 6. The van der Waals surface area contributed by atoms with Crippen molar-refractivity contribution in [1.82, 2.24) is 10.2 Å². The first-order valence-electron chi connectivity index (χ1n) is 8.00. The minimum Gasteiger partial charge on any atom is -0.352 e. The maximum absolute atomic E-state index is 11.5. The molecule has 0 radical (unpaired) electrons. The molecule has 0 spiro atoms. The van der Waals surface area contributed by atoms with Crippen molar-refractivity contribution in [2.75, 3.05) is 25.1 Å². The second-order valence-electron chi connectivity index (χ2n) is 5.91. The minimum absolute atomic E-state index is 0. The Labute approximate surface area is 186 Å². The molecule has 0 unspecified atom stereocenters. The summed E-state index contributed by atoms with van der Waals surface area (Å²) in [6.45, 7) is 1.16. The fourth-order valence-corrected chi connectivity index (χ4v) is 3.33. The molecule has 2 aromatic carbocycles. The average Bonchev–Trinajstić information content (AvgIpc) is 2.57. The van der Waals surface area contributed by atoms with E-state index in [0.717, 1.165) is 27.8 Å². The van der Waals surface area contributed by atoms with Crippen molar-refractivity contribution in [2.45, 2.75) is 13.1 Å². The van der Waals surface area contributed by atoms with E-state index in [1.807, 2.05) is 36.2 Å². The number of halogens is 2. The largest absolute Gasteiger partial charge is 0.352 e. The van der Waals surface area contributed by atoms with Gasteiger partial charge in [0, 0.05) is 31.7 Å². The van der Waals surface area contributed by atoms with Gasteiger partial charge in [0.2, 0.25) is 10.0 Å². The average molecular weight is 567 g/mol. The van der Waals surface area contributed by atoms with E-state index >= 15 is 0 Å². The summed E-state index contributed by atoms with van der Waals surface area (Å²) in [5.74, 6) is 0.724. The van der Waals surface area contributed by atoms with Crippen molar-refractivity contribution < 1.29 is 8.42 Å². The summed E-state index contributed by atoms with van der Waals surface area (Å²) >= 11 is 3.43. The van der Waals surface area contributed by atoms with Crippen LogP contribution < -0.4 is 10.0 Å². The van der Waals surface area contributed by atoms with Gasteiger partial charge in [-0.05, 0) is 29.3 Å². The molecule has 0 heterocycles. The van der Waals surface area contributed by atoms with Crippen LogP contribution in [0.15, 0.2) is 58.0 Å². The van der Waals surface area contributed by atoms with Gasteiger partial charge in [0.15, 0.2) is 5.96 Å². The van der Waals surface area contributed by atoms with Gasteiger partial charge in [-0.15, -0.1) is 24.0 Å². The number of nitrogens with one attached hydrogen (secondary N) is 2. The van der Waals surface area contributed by atoms with E-state index in [1.54, 1.807) is 19.2 Å². The second-order valence-corrected chi connectivity index (χ2v) is 8.58. The zero-order valence-electron chi connectivity index (χ0n) is 15.4. The van der Waals surface area contributed by atoms with Gasteiger partial charge in [-0.2, -0.15) is 0 Å². The zero-order valence-corrected chi connectivity index (χ0v) is 20.2. The smallest absolute Gasteiger partial charge is 0.229 e. The van der Waals surface area contributed by atoms with E-state index in [-0.39, 0.29) is 24.0 Å². The molecule has 2 rings (SSSR count). The molecule has 6 nitrogen and oxygen atoms in total. The number of aliphatic imine (C=N–C) groups is 1. The lowest BCUT2D eigenvalue weighted by Gasteiger charge is -2.23. The molecule has 148 valence electrons. The van der Waals surface area contributed by atoms with E-state index in [9.17, 15) is 8.42 Å². The Morgan fingerprint density at radius 1 is 1.15 bits per heavy atom. The van der Waals surface area contributed by atoms with Gasteiger partial charge < -0.3 is 10.2 Å². The highest BCUT2D eigenvalue weighted by molar-refractivity contribution is 14.0. The minimum atomic E-state index is -3.33. The Hall–Kier alpha value is -1.33. The highest BCUT2D eigenvalue weighted by Gasteiger charge is 2.10. The highest BCUT2D eigenvalue weighted by atomic mass is 127. The third-order valence-corrected chi connectivity index (χ3v) is 4.78. The summed E-state index contributed by atoms with van der Waals surface area (Å²) < 4.78 is 26.6. The molecule has 0 aliphatic heterocycles.